The third-order valence-corrected chi connectivity index (χ3v) is 9.97. The molecule has 0 aromatic carbocycles. The molecule has 2 heteroatoms. The molecule has 8 atom stereocenters. The van der Waals surface area contributed by atoms with Crippen molar-refractivity contribution in [1.82, 2.24) is 0 Å². The van der Waals surface area contributed by atoms with Crippen molar-refractivity contribution < 1.29 is 4.79 Å². The second-order valence-corrected chi connectivity index (χ2v) is 10.6. The highest BCUT2D eigenvalue weighted by Gasteiger charge is 2.60. The van der Waals surface area contributed by atoms with Crippen LogP contribution in [0.5, 0.6) is 0 Å². The smallest absolute Gasteiger partial charge is 0.147 e. The van der Waals surface area contributed by atoms with Gasteiger partial charge in [-0.3, -0.25) is 4.79 Å². The first-order valence-corrected chi connectivity index (χ1v) is 11.6. The van der Waals surface area contributed by atoms with Crippen LogP contribution in [0.2, 0.25) is 0 Å². The van der Waals surface area contributed by atoms with Crippen LogP contribution in [0.1, 0.15) is 71.6 Å². The molecule has 0 spiro atoms. The normalized spacial score (nSPS) is 51.8. The van der Waals surface area contributed by atoms with E-state index in [-0.39, 0.29) is 5.41 Å². The number of hydrogen-bond acceptors (Lipinski definition) is 1. The summed E-state index contributed by atoms with van der Waals surface area (Å²) < 4.78 is 0. The number of hydrogen-bond donors (Lipinski definition) is 0. The second-order valence-electron chi connectivity index (χ2n) is 10.1. The largest absolute Gasteiger partial charge is 0.298 e. The molecule has 0 aromatic heterocycles. The Morgan fingerprint density at radius 2 is 1.76 bits per heavy atom. The highest BCUT2D eigenvalue weighted by molar-refractivity contribution is 9.09. The Labute approximate surface area is 162 Å². The van der Waals surface area contributed by atoms with Gasteiger partial charge in [-0.05, 0) is 92.3 Å². The molecule has 25 heavy (non-hydrogen) atoms. The Bertz CT molecular complexity index is 591. The monoisotopic (exact) mass is 404 g/mol. The highest BCUT2D eigenvalue weighted by Crippen LogP contribution is 2.67. The Morgan fingerprint density at radius 1 is 1.04 bits per heavy atom. The average Bonchev–Trinajstić information content (AvgIpc) is 2.97. The predicted molar refractivity (Wildman–Crippen MR) is 106 cm³/mol. The van der Waals surface area contributed by atoms with E-state index in [9.17, 15) is 4.79 Å². The first-order chi connectivity index (χ1) is 11.9. The lowest BCUT2D eigenvalue weighted by Gasteiger charge is -2.61. The minimum Gasteiger partial charge on any atom is -0.298 e. The summed E-state index contributed by atoms with van der Waals surface area (Å²) in [5.41, 5.74) is 0.778. The van der Waals surface area contributed by atoms with Crippen LogP contribution in [0.15, 0.2) is 0 Å². The fourth-order valence-corrected chi connectivity index (χ4v) is 8.42. The molecule has 1 nitrogen and oxygen atoms in total. The van der Waals surface area contributed by atoms with E-state index in [1.165, 1.54) is 51.4 Å². The maximum atomic E-state index is 12.5. The number of terminal acetylenes is 1. The van der Waals surface area contributed by atoms with Crippen LogP contribution in [0.3, 0.4) is 0 Å². The standard InChI is InChI=1S/C23H33BrO/c1-4-15-9-11-22(2)16(13-15)5-6-17-18-7-8-20(21(25)14-24)23(18,3)12-10-19(17)22/h1,15-20H,5-14H2,2-3H3/t15-,16?,17+,18+,19+,20-,22+,23+/m1/s1. The molecule has 0 N–H and O–H groups in total. The van der Waals surface area contributed by atoms with E-state index in [2.05, 4.69) is 35.7 Å². The van der Waals surface area contributed by atoms with Gasteiger partial charge in [-0.15, -0.1) is 12.3 Å². The molecule has 0 amide bonds. The molecule has 0 radical (unpaired) electrons. The van der Waals surface area contributed by atoms with Crippen molar-refractivity contribution >= 4 is 21.7 Å². The fraction of sp³-hybridized carbons (Fsp3) is 0.870. The zero-order valence-corrected chi connectivity index (χ0v) is 17.5. The van der Waals surface area contributed by atoms with Gasteiger partial charge in [0.1, 0.15) is 5.78 Å². The molecule has 4 fully saturated rings. The lowest BCUT2D eigenvalue weighted by molar-refractivity contribution is -0.134. The average molecular weight is 405 g/mol. The first kappa shape index (κ1) is 18.1. The Hall–Kier alpha value is -0.290. The van der Waals surface area contributed by atoms with Gasteiger partial charge >= 0.3 is 0 Å². The van der Waals surface area contributed by atoms with Crippen LogP contribution in [0.25, 0.3) is 0 Å². The van der Waals surface area contributed by atoms with Gasteiger partial charge in [0.15, 0.2) is 0 Å². The third kappa shape index (κ3) is 2.59. The Balaban J connectivity index is 1.58. The van der Waals surface area contributed by atoms with E-state index in [0.29, 0.717) is 28.4 Å². The van der Waals surface area contributed by atoms with Gasteiger partial charge in [-0.25, -0.2) is 0 Å². The lowest BCUT2D eigenvalue weighted by Crippen LogP contribution is -2.53. The summed E-state index contributed by atoms with van der Waals surface area (Å²) in [5.74, 6) is 7.69. The minimum absolute atomic E-state index is 0.269. The van der Waals surface area contributed by atoms with E-state index < -0.39 is 0 Å². The summed E-state index contributed by atoms with van der Waals surface area (Å²) in [6.07, 6.45) is 17.4. The molecule has 4 aliphatic carbocycles. The molecule has 138 valence electrons. The van der Waals surface area contributed by atoms with Crippen LogP contribution in [0, 0.1) is 58.7 Å². The van der Waals surface area contributed by atoms with Crippen molar-refractivity contribution in [1.29, 1.82) is 0 Å². The van der Waals surface area contributed by atoms with Gasteiger partial charge in [-0.1, -0.05) is 29.8 Å². The number of rotatable bonds is 2. The van der Waals surface area contributed by atoms with Crippen LogP contribution in [-0.2, 0) is 4.79 Å². The van der Waals surface area contributed by atoms with Crippen molar-refractivity contribution in [3.63, 3.8) is 0 Å². The second kappa shape index (κ2) is 6.40. The molecule has 4 saturated carbocycles. The van der Waals surface area contributed by atoms with Gasteiger partial charge in [0.2, 0.25) is 0 Å². The van der Waals surface area contributed by atoms with E-state index in [4.69, 9.17) is 6.42 Å². The van der Waals surface area contributed by atoms with Gasteiger partial charge in [0, 0.05) is 11.8 Å². The van der Waals surface area contributed by atoms with Crippen LogP contribution < -0.4 is 0 Å². The Morgan fingerprint density at radius 3 is 2.48 bits per heavy atom. The Kier molecular flexibility index (Phi) is 4.63. The van der Waals surface area contributed by atoms with Gasteiger partial charge in [-0.2, -0.15) is 0 Å². The molecule has 0 bridgehead atoms. The number of halogens is 1. The maximum Gasteiger partial charge on any atom is 0.147 e. The van der Waals surface area contributed by atoms with Crippen LogP contribution in [-0.4, -0.2) is 11.1 Å². The minimum atomic E-state index is 0.269. The van der Waals surface area contributed by atoms with Crippen LogP contribution >= 0.6 is 15.9 Å². The zero-order valence-electron chi connectivity index (χ0n) is 15.9. The van der Waals surface area contributed by atoms with E-state index in [0.717, 1.165) is 30.1 Å². The zero-order chi connectivity index (χ0) is 17.8. The number of alkyl halides is 1. The fourth-order valence-electron chi connectivity index (χ4n) is 8.03. The quantitative estimate of drug-likeness (QED) is 0.416. The number of fused-ring (bicyclic) bond motifs is 5. The van der Waals surface area contributed by atoms with Crippen molar-refractivity contribution in [2.24, 2.45) is 46.3 Å². The molecule has 0 aliphatic heterocycles. The maximum absolute atomic E-state index is 12.5. The topological polar surface area (TPSA) is 17.1 Å². The molecule has 4 rings (SSSR count). The number of carbonyl (C=O) groups excluding carboxylic acids is 1. The summed E-state index contributed by atoms with van der Waals surface area (Å²) in [5, 5.41) is 0.543. The van der Waals surface area contributed by atoms with Gasteiger partial charge in [0.05, 0.1) is 5.33 Å². The van der Waals surface area contributed by atoms with Crippen molar-refractivity contribution in [2.45, 2.75) is 71.6 Å². The molecular formula is C23H33BrO. The third-order valence-electron chi connectivity index (χ3n) is 9.42. The predicted octanol–water partition coefficient (Wildman–Crippen LogP) is 5.86. The molecule has 4 aliphatic rings. The first-order valence-electron chi connectivity index (χ1n) is 10.5. The van der Waals surface area contributed by atoms with E-state index >= 15 is 0 Å². The molecule has 0 heterocycles. The number of ketones is 1. The van der Waals surface area contributed by atoms with Gasteiger partial charge in [0.25, 0.3) is 0 Å². The highest BCUT2D eigenvalue weighted by atomic mass is 79.9. The molecular weight excluding hydrogens is 372 g/mol. The summed E-state index contributed by atoms with van der Waals surface area (Å²) in [7, 11) is 0. The molecule has 0 aromatic rings. The van der Waals surface area contributed by atoms with Crippen LogP contribution in [0.4, 0.5) is 0 Å². The number of Topliss-reactive ketones (excluding diaryl/α,β-unsaturated/α-hetero) is 1. The van der Waals surface area contributed by atoms with Crippen molar-refractivity contribution in [2.75, 3.05) is 5.33 Å². The van der Waals surface area contributed by atoms with E-state index in [1.807, 2.05) is 0 Å². The van der Waals surface area contributed by atoms with Crippen molar-refractivity contribution in [3.05, 3.63) is 0 Å². The summed E-state index contributed by atoms with van der Waals surface area (Å²) in [6.45, 7) is 5.05. The van der Waals surface area contributed by atoms with E-state index in [1.54, 1.807) is 0 Å². The summed E-state index contributed by atoms with van der Waals surface area (Å²) in [6, 6.07) is 0. The summed E-state index contributed by atoms with van der Waals surface area (Å²) in [4.78, 5) is 12.5. The number of carbonyl (C=O) groups is 1. The lowest BCUT2D eigenvalue weighted by atomic mass is 9.44. The molecule has 0 saturated heterocycles. The molecule has 1 unspecified atom stereocenters. The van der Waals surface area contributed by atoms with Crippen molar-refractivity contribution in [3.8, 4) is 12.3 Å². The summed E-state index contributed by atoms with van der Waals surface area (Å²) >= 11 is 3.44. The van der Waals surface area contributed by atoms with Gasteiger partial charge < -0.3 is 0 Å². The SMILES string of the molecule is C#C[C@@H]1CC[C@@]2(C)C(CC[C@H]3[C@@H]4CC[C@H](C(=O)CBr)[C@@]4(C)CC[C@@H]32)C1.